The van der Waals surface area contributed by atoms with Gasteiger partial charge in [0, 0.05) is 36.7 Å². The number of amides is 1. The molecule has 0 spiro atoms. The fourth-order valence-corrected chi connectivity index (χ4v) is 2.35. The lowest BCUT2D eigenvalue weighted by Gasteiger charge is -2.08. The molecule has 5 heteroatoms. The van der Waals surface area contributed by atoms with Crippen molar-refractivity contribution in [2.75, 3.05) is 6.54 Å². The van der Waals surface area contributed by atoms with Gasteiger partial charge in [0.05, 0.1) is 0 Å². The van der Waals surface area contributed by atoms with E-state index in [9.17, 15) is 4.79 Å². The van der Waals surface area contributed by atoms with Gasteiger partial charge in [-0.2, -0.15) is 0 Å². The Morgan fingerprint density at radius 2 is 2.22 bits per heavy atom. The summed E-state index contributed by atoms with van der Waals surface area (Å²) in [6.45, 7) is 0.883. The molecule has 2 aromatic rings. The van der Waals surface area contributed by atoms with Gasteiger partial charge in [-0.15, -0.1) is 11.3 Å². The average Bonchev–Trinajstić information content (AvgIpc) is 2.91. The van der Waals surface area contributed by atoms with Gasteiger partial charge in [0.2, 0.25) is 5.91 Å². The first-order chi connectivity index (χ1) is 8.81. The molecule has 1 aromatic carbocycles. The van der Waals surface area contributed by atoms with E-state index < -0.39 is 0 Å². The number of carbonyl (C=O) groups excluding carboxylic acids is 1. The van der Waals surface area contributed by atoms with E-state index in [0.29, 0.717) is 19.5 Å². The van der Waals surface area contributed by atoms with Crippen LogP contribution in [0.3, 0.4) is 0 Å². The zero-order chi connectivity index (χ0) is 12.8. The second kappa shape index (κ2) is 6.28. The van der Waals surface area contributed by atoms with Gasteiger partial charge in [-0.05, 0) is 5.56 Å². The average molecular weight is 261 g/mol. The number of rotatable bonds is 5. The van der Waals surface area contributed by atoms with Crippen LogP contribution in [0.5, 0.6) is 0 Å². The van der Waals surface area contributed by atoms with Crippen molar-refractivity contribution >= 4 is 17.2 Å². The van der Waals surface area contributed by atoms with Gasteiger partial charge in [0.15, 0.2) is 0 Å². The Morgan fingerprint density at radius 1 is 1.39 bits per heavy atom. The predicted octanol–water partition coefficient (Wildman–Crippen LogP) is 1.78. The van der Waals surface area contributed by atoms with Gasteiger partial charge in [0.25, 0.3) is 0 Å². The van der Waals surface area contributed by atoms with Gasteiger partial charge in [0.1, 0.15) is 5.01 Å². The first-order valence-electron chi connectivity index (χ1n) is 5.76. The smallest absolute Gasteiger partial charge is 0.221 e. The molecule has 1 heterocycles. The number of carbonyl (C=O) groups is 1. The largest absolute Gasteiger partial charge is 0.352 e. The van der Waals surface area contributed by atoms with Gasteiger partial charge < -0.3 is 11.1 Å². The lowest BCUT2D eigenvalue weighted by Crippen LogP contribution is -2.25. The maximum atomic E-state index is 11.4. The number of hydrogen-bond donors (Lipinski definition) is 2. The molecule has 0 saturated carbocycles. The molecule has 2 rings (SSSR count). The lowest BCUT2D eigenvalue weighted by molar-refractivity contribution is -0.121. The van der Waals surface area contributed by atoms with E-state index in [2.05, 4.69) is 10.3 Å². The highest BCUT2D eigenvalue weighted by atomic mass is 32.1. The molecule has 94 valence electrons. The third kappa shape index (κ3) is 3.15. The Bertz CT molecular complexity index is 511. The molecule has 1 aromatic heterocycles. The summed E-state index contributed by atoms with van der Waals surface area (Å²) < 4.78 is 0. The second-order valence-corrected chi connectivity index (χ2v) is 4.70. The van der Waals surface area contributed by atoms with Gasteiger partial charge in [-0.3, -0.25) is 4.79 Å². The first kappa shape index (κ1) is 12.7. The fraction of sp³-hybridized carbons (Fsp3) is 0.231. The Kier molecular flexibility index (Phi) is 4.44. The van der Waals surface area contributed by atoms with Crippen molar-refractivity contribution in [2.24, 2.45) is 5.73 Å². The normalized spacial score (nSPS) is 10.3. The Balaban J connectivity index is 2.11. The highest BCUT2D eigenvalue weighted by Gasteiger charge is 2.07. The minimum absolute atomic E-state index is 0.0218. The van der Waals surface area contributed by atoms with Crippen LogP contribution in [-0.4, -0.2) is 17.4 Å². The third-order valence-corrected chi connectivity index (χ3v) is 3.33. The van der Waals surface area contributed by atoms with Crippen LogP contribution in [-0.2, 0) is 11.3 Å². The molecule has 4 nitrogen and oxygen atoms in total. The van der Waals surface area contributed by atoms with Crippen LogP contribution < -0.4 is 11.1 Å². The zero-order valence-electron chi connectivity index (χ0n) is 9.93. The van der Waals surface area contributed by atoms with E-state index in [-0.39, 0.29) is 5.91 Å². The van der Waals surface area contributed by atoms with Crippen molar-refractivity contribution in [3.8, 4) is 10.6 Å². The van der Waals surface area contributed by atoms with Crippen LogP contribution in [0.25, 0.3) is 10.6 Å². The molecular formula is C13H15N3OS. The molecule has 0 fully saturated rings. The SMILES string of the molecule is NCCC(=O)NCc1ccccc1-c1nccs1. The summed E-state index contributed by atoms with van der Waals surface area (Å²) in [5.74, 6) is -0.0218. The van der Waals surface area contributed by atoms with Crippen molar-refractivity contribution < 1.29 is 4.79 Å². The van der Waals surface area contributed by atoms with Gasteiger partial charge >= 0.3 is 0 Å². The molecule has 0 saturated heterocycles. The Hall–Kier alpha value is -1.72. The van der Waals surface area contributed by atoms with Crippen LogP contribution in [0.1, 0.15) is 12.0 Å². The van der Waals surface area contributed by atoms with Crippen LogP contribution in [0.4, 0.5) is 0 Å². The topological polar surface area (TPSA) is 68.0 Å². The third-order valence-electron chi connectivity index (χ3n) is 2.53. The van der Waals surface area contributed by atoms with Gasteiger partial charge in [-0.25, -0.2) is 4.98 Å². The van der Waals surface area contributed by atoms with Crippen LogP contribution in [0, 0.1) is 0 Å². The van der Waals surface area contributed by atoms with Crippen molar-refractivity contribution in [1.29, 1.82) is 0 Å². The summed E-state index contributed by atoms with van der Waals surface area (Å²) in [6, 6.07) is 7.95. The molecule has 0 aliphatic carbocycles. The highest BCUT2D eigenvalue weighted by molar-refractivity contribution is 7.13. The number of aromatic nitrogens is 1. The molecule has 0 aliphatic rings. The Labute approximate surface area is 110 Å². The van der Waals surface area contributed by atoms with Crippen LogP contribution >= 0.6 is 11.3 Å². The lowest BCUT2D eigenvalue weighted by atomic mass is 10.1. The van der Waals surface area contributed by atoms with Crippen molar-refractivity contribution in [1.82, 2.24) is 10.3 Å². The summed E-state index contributed by atoms with van der Waals surface area (Å²) in [5, 5.41) is 5.77. The summed E-state index contributed by atoms with van der Waals surface area (Å²) in [6.07, 6.45) is 2.14. The van der Waals surface area contributed by atoms with E-state index in [1.54, 1.807) is 17.5 Å². The molecule has 3 N–H and O–H groups in total. The minimum Gasteiger partial charge on any atom is -0.352 e. The maximum Gasteiger partial charge on any atom is 0.221 e. The van der Waals surface area contributed by atoms with E-state index >= 15 is 0 Å². The van der Waals surface area contributed by atoms with E-state index in [1.165, 1.54) is 0 Å². The van der Waals surface area contributed by atoms with E-state index in [1.807, 2.05) is 29.6 Å². The number of thiazole rings is 1. The van der Waals surface area contributed by atoms with Crippen molar-refractivity contribution in [2.45, 2.75) is 13.0 Å². The number of nitrogens with one attached hydrogen (secondary N) is 1. The highest BCUT2D eigenvalue weighted by Crippen LogP contribution is 2.25. The van der Waals surface area contributed by atoms with Crippen LogP contribution in [0.2, 0.25) is 0 Å². The molecule has 18 heavy (non-hydrogen) atoms. The quantitative estimate of drug-likeness (QED) is 0.862. The van der Waals surface area contributed by atoms with Crippen molar-refractivity contribution in [3.63, 3.8) is 0 Å². The molecule has 0 bridgehead atoms. The van der Waals surface area contributed by atoms with Gasteiger partial charge in [-0.1, -0.05) is 24.3 Å². The number of hydrogen-bond acceptors (Lipinski definition) is 4. The van der Waals surface area contributed by atoms with Crippen molar-refractivity contribution in [3.05, 3.63) is 41.4 Å². The monoisotopic (exact) mass is 261 g/mol. The molecule has 0 radical (unpaired) electrons. The Morgan fingerprint density at radius 3 is 2.94 bits per heavy atom. The van der Waals surface area contributed by atoms with Crippen LogP contribution in [0.15, 0.2) is 35.8 Å². The standard InChI is InChI=1S/C13H15N3OS/c14-6-5-12(17)16-9-10-3-1-2-4-11(10)13-15-7-8-18-13/h1-4,7-8H,5-6,9,14H2,(H,16,17). The predicted molar refractivity (Wildman–Crippen MR) is 73.1 cm³/mol. The summed E-state index contributed by atoms with van der Waals surface area (Å²) in [5.41, 5.74) is 7.47. The second-order valence-electron chi connectivity index (χ2n) is 3.81. The summed E-state index contributed by atoms with van der Waals surface area (Å²) in [4.78, 5) is 15.7. The van der Waals surface area contributed by atoms with E-state index in [0.717, 1.165) is 16.1 Å². The number of nitrogens with zero attached hydrogens (tertiary/aromatic N) is 1. The molecule has 1 amide bonds. The molecule has 0 unspecified atom stereocenters. The molecule has 0 aliphatic heterocycles. The zero-order valence-corrected chi connectivity index (χ0v) is 10.7. The molecule has 0 atom stereocenters. The number of benzene rings is 1. The molecular weight excluding hydrogens is 246 g/mol. The number of nitrogens with two attached hydrogens (primary N) is 1. The fourth-order valence-electron chi connectivity index (χ4n) is 1.65. The van der Waals surface area contributed by atoms with E-state index in [4.69, 9.17) is 5.73 Å². The summed E-state index contributed by atoms with van der Waals surface area (Å²) >= 11 is 1.59. The minimum atomic E-state index is -0.0218. The summed E-state index contributed by atoms with van der Waals surface area (Å²) in [7, 11) is 0. The first-order valence-corrected chi connectivity index (χ1v) is 6.64. The maximum absolute atomic E-state index is 11.4.